The molecule has 0 atom stereocenters. The van der Waals surface area contributed by atoms with Crippen molar-refractivity contribution in [3.8, 4) is 0 Å². The van der Waals surface area contributed by atoms with Crippen LogP contribution in [0.2, 0.25) is 0 Å². The Morgan fingerprint density at radius 2 is 2.42 bits per heavy atom. The quantitative estimate of drug-likeness (QED) is 0.528. The number of nitro groups is 1. The third-order valence-corrected chi connectivity index (χ3v) is 1.55. The van der Waals surface area contributed by atoms with Gasteiger partial charge in [0.25, 0.3) is 0 Å². The van der Waals surface area contributed by atoms with Crippen molar-refractivity contribution >= 4 is 11.4 Å². The van der Waals surface area contributed by atoms with Gasteiger partial charge in [0.05, 0.1) is 4.92 Å². The van der Waals surface area contributed by atoms with Gasteiger partial charge in [-0.05, 0) is 12.5 Å². The fourth-order valence-corrected chi connectivity index (χ4v) is 0.984. The minimum absolute atomic E-state index is 0.0694. The summed E-state index contributed by atoms with van der Waals surface area (Å²) < 4.78 is 0. The van der Waals surface area contributed by atoms with Crippen molar-refractivity contribution in [1.29, 1.82) is 0 Å². The molecule has 0 spiro atoms. The number of nitrogen functional groups attached to an aromatic ring is 1. The smallest absolute Gasteiger partial charge is 0.313 e. The van der Waals surface area contributed by atoms with Crippen molar-refractivity contribution in [1.82, 2.24) is 4.98 Å². The van der Waals surface area contributed by atoms with E-state index in [1.807, 2.05) is 0 Å². The van der Waals surface area contributed by atoms with Gasteiger partial charge in [0.1, 0.15) is 11.4 Å². The Kier molecular flexibility index (Phi) is 2.23. The zero-order valence-corrected chi connectivity index (χ0v) is 6.65. The van der Waals surface area contributed by atoms with Crippen LogP contribution < -0.4 is 5.73 Å². The predicted molar refractivity (Wildman–Crippen MR) is 44.7 cm³/mol. The van der Waals surface area contributed by atoms with Gasteiger partial charge in [0.15, 0.2) is 0 Å². The van der Waals surface area contributed by atoms with Crippen LogP contribution >= 0.6 is 0 Å². The molecule has 0 bridgehead atoms. The second-order valence-electron chi connectivity index (χ2n) is 2.31. The molecule has 0 unspecified atom stereocenters. The van der Waals surface area contributed by atoms with E-state index < -0.39 is 4.92 Å². The Balaban J connectivity index is 3.29. The Morgan fingerprint density at radius 3 is 2.83 bits per heavy atom. The molecule has 1 aromatic rings. The molecule has 64 valence electrons. The lowest BCUT2D eigenvalue weighted by molar-refractivity contribution is -0.384. The SMILES string of the molecule is CCc1nccc(N)c1[N+](=O)[O-]. The second kappa shape index (κ2) is 3.17. The first-order chi connectivity index (χ1) is 5.66. The summed E-state index contributed by atoms with van der Waals surface area (Å²) in [5, 5.41) is 10.5. The van der Waals surface area contributed by atoms with Crippen molar-refractivity contribution < 1.29 is 4.92 Å². The molecule has 0 amide bonds. The minimum Gasteiger partial charge on any atom is -0.393 e. The molecule has 0 aliphatic heterocycles. The molecule has 5 nitrogen and oxygen atoms in total. The maximum atomic E-state index is 10.5. The van der Waals surface area contributed by atoms with Crippen LogP contribution in [0.4, 0.5) is 11.4 Å². The summed E-state index contributed by atoms with van der Waals surface area (Å²) in [4.78, 5) is 13.8. The largest absolute Gasteiger partial charge is 0.393 e. The number of hydrogen-bond acceptors (Lipinski definition) is 4. The number of hydrogen-bond donors (Lipinski definition) is 1. The van der Waals surface area contributed by atoms with Crippen molar-refractivity contribution in [3.63, 3.8) is 0 Å². The molecule has 5 heteroatoms. The molecule has 0 aliphatic carbocycles. The van der Waals surface area contributed by atoms with Gasteiger partial charge < -0.3 is 5.73 Å². The number of aryl methyl sites for hydroxylation is 1. The molecule has 12 heavy (non-hydrogen) atoms. The maximum Gasteiger partial charge on any atom is 0.313 e. The van der Waals surface area contributed by atoms with E-state index in [9.17, 15) is 10.1 Å². The summed E-state index contributed by atoms with van der Waals surface area (Å²) in [6.07, 6.45) is 1.99. The van der Waals surface area contributed by atoms with Gasteiger partial charge in [-0.15, -0.1) is 0 Å². The first kappa shape index (κ1) is 8.45. The van der Waals surface area contributed by atoms with Crippen LogP contribution in [0, 0.1) is 10.1 Å². The van der Waals surface area contributed by atoms with Crippen molar-refractivity contribution in [3.05, 3.63) is 28.1 Å². The molecule has 1 aromatic heterocycles. The molecular formula is C7H9N3O2. The predicted octanol–water partition coefficient (Wildman–Crippen LogP) is 1.13. The Bertz CT molecular complexity index is 312. The lowest BCUT2D eigenvalue weighted by Crippen LogP contribution is -2.01. The highest BCUT2D eigenvalue weighted by atomic mass is 16.6. The molecule has 0 radical (unpaired) electrons. The summed E-state index contributed by atoms with van der Waals surface area (Å²) >= 11 is 0. The standard InChI is InChI=1S/C7H9N3O2/c1-2-6-7(10(11)12)5(8)3-4-9-6/h3-4H,2H2,1H3,(H2,8,9). The van der Waals surface area contributed by atoms with Crippen LogP contribution in [0.5, 0.6) is 0 Å². The zero-order chi connectivity index (χ0) is 9.14. The summed E-state index contributed by atoms with van der Waals surface area (Å²) in [7, 11) is 0. The first-order valence-corrected chi connectivity index (χ1v) is 3.54. The summed E-state index contributed by atoms with van der Waals surface area (Å²) in [6.45, 7) is 1.80. The Morgan fingerprint density at radius 1 is 1.75 bits per heavy atom. The van der Waals surface area contributed by atoms with Gasteiger partial charge in [-0.1, -0.05) is 6.92 Å². The third kappa shape index (κ3) is 1.34. The van der Waals surface area contributed by atoms with Crippen molar-refractivity contribution in [2.24, 2.45) is 0 Å². The van der Waals surface area contributed by atoms with Crippen LogP contribution in [-0.2, 0) is 6.42 Å². The average molecular weight is 167 g/mol. The van der Waals surface area contributed by atoms with E-state index in [2.05, 4.69) is 4.98 Å². The van der Waals surface area contributed by atoms with Gasteiger partial charge in [-0.25, -0.2) is 0 Å². The summed E-state index contributed by atoms with van der Waals surface area (Å²) in [5.74, 6) is 0. The molecule has 0 aromatic carbocycles. The molecular weight excluding hydrogens is 158 g/mol. The van der Waals surface area contributed by atoms with E-state index in [0.29, 0.717) is 12.1 Å². The summed E-state index contributed by atoms with van der Waals surface area (Å²) in [5.41, 5.74) is 5.95. The van der Waals surface area contributed by atoms with E-state index in [0.717, 1.165) is 0 Å². The minimum atomic E-state index is -0.499. The number of pyridine rings is 1. The van der Waals surface area contributed by atoms with Crippen LogP contribution in [-0.4, -0.2) is 9.91 Å². The Labute approximate surface area is 69.4 Å². The molecule has 0 aliphatic rings. The van der Waals surface area contributed by atoms with E-state index in [1.165, 1.54) is 12.3 Å². The highest BCUT2D eigenvalue weighted by Gasteiger charge is 2.16. The molecule has 1 heterocycles. The van der Waals surface area contributed by atoms with E-state index in [4.69, 9.17) is 5.73 Å². The van der Waals surface area contributed by atoms with Crippen molar-refractivity contribution in [2.75, 3.05) is 5.73 Å². The molecule has 0 saturated heterocycles. The normalized spacial score (nSPS) is 9.75. The van der Waals surface area contributed by atoms with Gasteiger partial charge in [-0.3, -0.25) is 15.1 Å². The Hall–Kier alpha value is -1.65. The van der Waals surface area contributed by atoms with E-state index in [1.54, 1.807) is 6.92 Å². The lowest BCUT2D eigenvalue weighted by atomic mass is 10.2. The molecule has 0 fully saturated rings. The van der Waals surface area contributed by atoms with Crippen molar-refractivity contribution in [2.45, 2.75) is 13.3 Å². The molecule has 1 rings (SSSR count). The zero-order valence-electron chi connectivity index (χ0n) is 6.65. The number of aromatic nitrogens is 1. The highest BCUT2D eigenvalue weighted by Crippen LogP contribution is 2.23. The van der Waals surface area contributed by atoms with Crippen LogP contribution in [0.25, 0.3) is 0 Å². The molecule has 2 N–H and O–H groups in total. The number of anilines is 1. The van der Waals surface area contributed by atoms with Crippen LogP contribution in [0.3, 0.4) is 0 Å². The van der Waals surface area contributed by atoms with Gasteiger partial charge in [0.2, 0.25) is 0 Å². The number of nitrogens with zero attached hydrogens (tertiary/aromatic N) is 2. The van der Waals surface area contributed by atoms with Gasteiger partial charge in [0, 0.05) is 6.20 Å². The lowest BCUT2D eigenvalue weighted by Gasteiger charge is -2.00. The van der Waals surface area contributed by atoms with Crippen LogP contribution in [0.1, 0.15) is 12.6 Å². The fourth-order valence-electron chi connectivity index (χ4n) is 0.984. The van der Waals surface area contributed by atoms with E-state index in [-0.39, 0.29) is 11.4 Å². The first-order valence-electron chi connectivity index (χ1n) is 3.54. The number of nitrogens with two attached hydrogens (primary N) is 1. The average Bonchev–Trinajstić information content (AvgIpc) is 2.03. The van der Waals surface area contributed by atoms with Gasteiger partial charge >= 0.3 is 5.69 Å². The molecule has 0 saturated carbocycles. The highest BCUT2D eigenvalue weighted by molar-refractivity contribution is 5.59. The van der Waals surface area contributed by atoms with Gasteiger partial charge in [-0.2, -0.15) is 0 Å². The topological polar surface area (TPSA) is 82.0 Å². The summed E-state index contributed by atoms with van der Waals surface area (Å²) in [6, 6.07) is 1.43. The third-order valence-electron chi connectivity index (χ3n) is 1.55. The maximum absolute atomic E-state index is 10.5. The number of rotatable bonds is 2. The van der Waals surface area contributed by atoms with E-state index >= 15 is 0 Å². The fraction of sp³-hybridized carbons (Fsp3) is 0.286. The second-order valence-corrected chi connectivity index (χ2v) is 2.31. The van der Waals surface area contributed by atoms with Crippen LogP contribution in [0.15, 0.2) is 12.3 Å². The monoisotopic (exact) mass is 167 g/mol.